The van der Waals surface area contributed by atoms with Gasteiger partial charge >= 0.3 is 5.97 Å². The standard InChI is InChI=1S/C26H47NO5S2Si/c1-24(2,3)33(29)23(19-16-14-13-15-17-19)22(27-34(30)25(4,5)6)20(18-21(28)31-10)32-35(11,12)26(7,8)9/h13-17,20,22-23,27H,18H2,1-12H3/t20-,22?,23?,33+,34-/m0/s1. The molecule has 1 aromatic rings. The Hall–Kier alpha value is -0.873. The van der Waals surface area contributed by atoms with Gasteiger partial charge in [0.2, 0.25) is 0 Å². The van der Waals surface area contributed by atoms with Gasteiger partial charge in [-0.15, -0.1) is 0 Å². The summed E-state index contributed by atoms with van der Waals surface area (Å²) in [5, 5.41) is -0.692. The van der Waals surface area contributed by atoms with Crippen LogP contribution in [0.2, 0.25) is 18.1 Å². The second kappa shape index (κ2) is 12.1. The van der Waals surface area contributed by atoms with Crippen molar-refractivity contribution < 1.29 is 22.4 Å². The Bertz CT molecular complexity index is 886. The van der Waals surface area contributed by atoms with Gasteiger partial charge in [-0.25, -0.2) is 8.93 Å². The van der Waals surface area contributed by atoms with Gasteiger partial charge in [0.05, 0.1) is 46.7 Å². The maximum absolute atomic E-state index is 14.1. The molecule has 9 heteroatoms. The molecule has 6 nitrogen and oxygen atoms in total. The molecule has 0 aliphatic heterocycles. The highest BCUT2D eigenvalue weighted by molar-refractivity contribution is 7.87. The van der Waals surface area contributed by atoms with Crippen LogP contribution in [0.1, 0.15) is 79.5 Å². The maximum Gasteiger partial charge on any atom is 0.308 e. The third-order valence-corrected chi connectivity index (χ3v) is 14.7. The van der Waals surface area contributed by atoms with Gasteiger partial charge in [-0.2, -0.15) is 0 Å². The minimum atomic E-state index is -2.38. The van der Waals surface area contributed by atoms with E-state index in [2.05, 4.69) is 38.6 Å². The smallest absolute Gasteiger partial charge is 0.308 e. The Morgan fingerprint density at radius 3 is 1.86 bits per heavy atom. The van der Waals surface area contributed by atoms with Crippen molar-refractivity contribution in [1.82, 2.24) is 4.72 Å². The van der Waals surface area contributed by atoms with Gasteiger partial charge in [0.25, 0.3) is 0 Å². The van der Waals surface area contributed by atoms with Crippen LogP contribution in [0.5, 0.6) is 0 Å². The molecule has 202 valence electrons. The quantitative estimate of drug-likeness (QED) is 0.304. The molecule has 0 amide bonds. The fourth-order valence-corrected chi connectivity index (χ4v) is 7.16. The van der Waals surface area contributed by atoms with E-state index in [0.717, 1.165) is 5.56 Å². The van der Waals surface area contributed by atoms with E-state index in [1.165, 1.54) is 7.11 Å². The van der Waals surface area contributed by atoms with Gasteiger partial charge in [-0.1, -0.05) is 51.1 Å². The van der Waals surface area contributed by atoms with Crippen molar-refractivity contribution in [3.63, 3.8) is 0 Å². The molecular formula is C26H47NO5S2Si. The van der Waals surface area contributed by atoms with Gasteiger partial charge in [0.15, 0.2) is 8.32 Å². The second-order valence-electron chi connectivity index (χ2n) is 12.5. The summed E-state index contributed by atoms with van der Waals surface area (Å²) >= 11 is 0. The molecule has 1 rings (SSSR count). The molecular weight excluding hydrogens is 499 g/mol. The van der Waals surface area contributed by atoms with E-state index in [4.69, 9.17) is 9.16 Å². The Kier molecular flexibility index (Phi) is 11.1. The molecule has 35 heavy (non-hydrogen) atoms. The minimum Gasteiger partial charge on any atom is -0.469 e. The summed E-state index contributed by atoms with van der Waals surface area (Å²) in [5.41, 5.74) is 0.845. The topological polar surface area (TPSA) is 81.7 Å². The molecule has 0 saturated heterocycles. The average molecular weight is 546 g/mol. The predicted octanol–water partition coefficient (Wildman–Crippen LogP) is 5.65. The predicted molar refractivity (Wildman–Crippen MR) is 151 cm³/mol. The monoisotopic (exact) mass is 545 g/mol. The van der Waals surface area contributed by atoms with Crippen LogP contribution in [0.3, 0.4) is 0 Å². The lowest BCUT2D eigenvalue weighted by atomic mass is 9.99. The van der Waals surface area contributed by atoms with E-state index >= 15 is 0 Å². The Balaban J connectivity index is 3.82. The van der Waals surface area contributed by atoms with E-state index in [9.17, 15) is 13.2 Å². The fourth-order valence-electron chi connectivity index (χ4n) is 3.17. The van der Waals surface area contributed by atoms with E-state index in [1.54, 1.807) is 0 Å². The zero-order valence-corrected chi connectivity index (χ0v) is 26.3. The molecule has 0 bridgehead atoms. The van der Waals surface area contributed by atoms with Crippen LogP contribution in [0.4, 0.5) is 0 Å². The SMILES string of the molecule is COC(=O)C[C@H](O[Si](C)(C)C(C)(C)C)C(N[S@@](=O)C(C)(C)C)C(c1ccccc1)[S@@](=O)C(C)(C)C. The lowest BCUT2D eigenvalue weighted by Gasteiger charge is -2.44. The van der Waals surface area contributed by atoms with Crippen molar-refractivity contribution in [2.45, 2.75) is 114 Å². The molecule has 5 atom stereocenters. The summed E-state index contributed by atoms with van der Waals surface area (Å²) in [4.78, 5) is 12.6. The summed E-state index contributed by atoms with van der Waals surface area (Å²) in [7, 11) is -3.92. The van der Waals surface area contributed by atoms with Crippen LogP contribution < -0.4 is 4.72 Å². The fraction of sp³-hybridized carbons (Fsp3) is 0.731. The summed E-state index contributed by atoms with van der Waals surface area (Å²) in [6.07, 6.45) is -0.724. The largest absolute Gasteiger partial charge is 0.469 e. The lowest BCUT2D eigenvalue weighted by Crippen LogP contribution is -2.56. The first-order valence-electron chi connectivity index (χ1n) is 12.1. The maximum atomic E-state index is 14.1. The highest BCUT2D eigenvalue weighted by Gasteiger charge is 2.46. The number of nitrogens with one attached hydrogen (secondary N) is 1. The third kappa shape index (κ3) is 9.18. The van der Waals surface area contributed by atoms with Crippen molar-refractivity contribution in [3.8, 4) is 0 Å². The van der Waals surface area contributed by atoms with Gasteiger partial charge in [-0.05, 0) is 65.2 Å². The van der Waals surface area contributed by atoms with E-state index in [0.29, 0.717) is 0 Å². The number of carbonyl (C=O) groups is 1. The van der Waals surface area contributed by atoms with Crippen LogP contribution in [0.25, 0.3) is 0 Å². The molecule has 1 N–H and O–H groups in total. The van der Waals surface area contributed by atoms with Crippen molar-refractivity contribution >= 4 is 36.1 Å². The van der Waals surface area contributed by atoms with Crippen LogP contribution >= 0.6 is 0 Å². The van der Waals surface area contributed by atoms with Gasteiger partial charge in [0, 0.05) is 15.5 Å². The summed E-state index contributed by atoms with van der Waals surface area (Å²) in [5.74, 6) is -0.421. The molecule has 0 aliphatic carbocycles. The molecule has 0 aliphatic rings. The van der Waals surface area contributed by atoms with Gasteiger partial charge < -0.3 is 9.16 Å². The number of hydrogen-bond donors (Lipinski definition) is 1. The Morgan fingerprint density at radius 1 is 0.943 bits per heavy atom. The van der Waals surface area contributed by atoms with Crippen LogP contribution in [0, 0.1) is 0 Å². The summed E-state index contributed by atoms with van der Waals surface area (Å²) in [6, 6.07) is 8.93. The van der Waals surface area contributed by atoms with E-state index in [1.807, 2.05) is 71.9 Å². The first kappa shape index (κ1) is 32.2. The van der Waals surface area contributed by atoms with Crippen molar-refractivity contribution in [1.29, 1.82) is 0 Å². The normalized spacial score (nSPS) is 17.8. The lowest BCUT2D eigenvalue weighted by molar-refractivity contribution is -0.142. The van der Waals surface area contributed by atoms with Crippen LogP contribution in [-0.2, 0) is 35.7 Å². The average Bonchev–Trinajstić information content (AvgIpc) is 2.70. The van der Waals surface area contributed by atoms with Crippen LogP contribution in [0.15, 0.2) is 30.3 Å². The van der Waals surface area contributed by atoms with Crippen molar-refractivity contribution in [2.24, 2.45) is 0 Å². The zero-order chi connectivity index (χ0) is 27.4. The Morgan fingerprint density at radius 2 is 1.46 bits per heavy atom. The highest BCUT2D eigenvalue weighted by Crippen LogP contribution is 2.41. The summed E-state index contributed by atoms with van der Waals surface area (Å²) < 4.78 is 41.5. The second-order valence-corrected chi connectivity index (χ2v) is 21.5. The number of methoxy groups -OCH3 is 1. The van der Waals surface area contributed by atoms with Gasteiger partial charge in [-0.3, -0.25) is 9.00 Å². The zero-order valence-electron chi connectivity index (χ0n) is 23.7. The number of rotatable bonds is 10. The molecule has 0 aromatic heterocycles. The number of benzene rings is 1. The molecule has 2 unspecified atom stereocenters. The van der Waals surface area contributed by atoms with Crippen molar-refractivity contribution in [2.75, 3.05) is 7.11 Å². The number of esters is 1. The molecule has 0 radical (unpaired) electrons. The third-order valence-electron chi connectivity index (χ3n) is 6.34. The van der Waals surface area contributed by atoms with Crippen LogP contribution in [-0.4, -0.2) is 51.5 Å². The number of carbonyl (C=O) groups excluding carboxylic acids is 1. The summed E-state index contributed by atoms with van der Waals surface area (Å²) in [6.45, 7) is 22.1. The molecule has 0 spiro atoms. The molecule has 1 aromatic carbocycles. The minimum absolute atomic E-state index is 0.0350. The van der Waals surface area contributed by atoms with E-state index < -0.39 is 63.0 Å². The number of ether oxygens (including phenoxy) is 1. The Labute approximate surface area is 219 Å². The first-order chi connectivity index (χ1) is 15.7. The molecule has 0 fully saturated rings. The highest BCUT2D eigenvalue weighted by atomic mass is 32.2. The molecule has 0 saturated carbocycles. The molecule has 0 heterocycles. The van der Waals surface area contributed by atoms with Crippen molar-refractivity contribution in [3.05, 3.63) is 35.9 Å². The first-order valence-corrected chi connectivity index (χ1v) is 17.4. The van der Waals surface area contributed by atoms with Gasteiger partial charge in [0.1, 0.15) is 0 Å². The van der Waals surface area contributed by atoms with E-state index in [-0.39, 0.29) is 11.5 Å². The number of hydrogen-bond acceptors (Lipinski definition) is 5.